The molecule has 0 aliphatic carbocycles. The zero-order valence-corrected chi connectivity index (χ0v) is 10.9. The SMILES string of the molecule is c1cnc2c(c1)nc(C1CCCN1)n2C1CCOC1. The average Bonchev–Trinajstić information content (AvgIpc) is 3.17. The fourth-order valence-electron chi connectivity index (χ4n) is 3.18. The summed E-state index contributed by atoms with van der Waals surface area (Å²) in [7, 11) is 0. The summed E-state index contributed by atoms with van der Waals surface area (Å²) in [5, 5.41) is 3.55. The Labute approximate surface area is 112 Å². The first-order chi connectivity index (χ1) is 9.43. The van der Waals surface area contributed by atoms with Gasteiger partial charge in [-0.15, -0.1) is 0 Å². The summed E-state index contributed by atoms with van der Waals surface area (Å²) in [4.78, 5) is 9.36. The lowest BCUT2D eigenvalue weighted by molar-refractivity contribution is 0.186. The second-order valence-corrected chi connectivity index (χ2v) is 5.35. The molecule has 19 heavy (non-hydrogen) atoms. The first kappa shape index (κ1) is 11.4. The molecule has 0 amide bonds. The van der Waals surface area contributed by atoms with Crippen LogP contribution in [0.4, 0.5) is 0 Å². The molecule has 5 heteroatoms. The Morgan fingerprint density at radius 1 is 1.37 bits per heavy atom. The fraction of sp³-hybridized carbons (Fsp3) is 0.571. The molecule has 4 heterocycles. The number of imidazole rings is 1. The van der Waals surface area contributed by atoms with Gasteiger partial charge in [0.25, 0.3) is 0 Å². The number of hydrogen-bond acceptors (Lipinski definition) is 4. The summed E-state index contributed by atoms with van der Waals surface area (Å²) >= 11 is 0. The largest absolute Gasteiger partial charge is 0.379 e. The van der Waals surface area contributed by atoms with E-state index in [1.54, 1.807) is 0 Å². The van der Waals surface area contributed by atoms with Gasteiger partial charge in [-0.2, -0.15) is 0 Å². The smallest absolute Gasteiger partial charge is 0.160 e. The van der Waals surface area contributed by atoms with Crippen molar-refractivity contribution in [3.05, 3.63) is 24.2 Å². The topological polar surface area (TPSA) is 52.0 Å². The van der Waals surface area contributed by atoms with Crippen molar-refractivity contribution in [2.75, 3.05) is 19.8 Å². The first-order valence-corrected chi connectivity index (χ1v) is 7.07. The third-order valence-electron chi connectivity index (χ3n) is 4.12. The molecule has 5 nitrogen and oxygen atoms in total. The Bertz CT molecular complexity index is 582. The Morgan fingerprint density at radius 2 is 2.37 bits per heavy atom. The maximum atomic E-state index is 5.55. The molecule has 100 valence electrons. The first-order valence-electron chi connectivity index (χ1n) is 7.07. The zero-order valence-electron chi connectivity index (χ0n) is 10.9. The maximum Gasteiger partial charge on any atom is 0.160 e. The Morgan fingerprint density at radius 3 is 3.16 bits per heavy atom. The number of nitrogens with one attached hydrogen (secondary N) is 1. The zero-order chi connectivity index (χ0) is 12.7. The average molecular weight is 258 g/mol. The highest BCUT2D eigenvalue weighted by Crippen LogP contribution is 2.31. The van der Waals surface area contributed by atoms with Gasteiger partial charge in [0, 0.05) is 12.8 Å². The van der Waals surface area contributed by atoms with Gasteiger partial charge in [-0.05, 0) is 37.9 Å². The number of hydrogen-bond donors (Lipinski definition) is 1. The Balaban J connectivity index is 1.87. The molecule has 2 fully saturated rings. The molecule has 2 aromatic rings. The summed E-state index contributed by atoms with van der Waals surface area (Å²) in [6.45, 7) is 2.71. The summed E-state index contributed by atoms with van der Waals surface area (Å²) in [6.07, 6.45) is 5.29. The van der Waals surface area contributed by atoms with Crippen LogP contribution < -0.4 is 5.32 Å². The van der Waals surface area contributed by atoms with Gasteiger partial charge in [0.15, 0.2) is 5.65 Å². The molecule has 2 aliphatic rings. The van der Waals surface area contributed by atoms with Crippen molar-refractivity contribution in [3.8, 4) is 0 Å². The van der Waals surface area contributed by atoms with E-state index in [0.717, 1.165) is 49.6 Å². The standard InChI is InChI=1S/C14H18N4O/c1-3-11(15-6-1)14-17-12-4-2-7-16-13(12)18(14)10-5-8-19-9-10/h2,4,7,10-11,15H,1,3,5-6,8-9H2. The summed E-state index contributed by atoms with van der Waals surface area (Å²) in [5.74, 6) is 1.14. The van der Waals surface area contributed by atoms with Crippen molar-refractivity contribution < 1.29 is 4.74 Å². The van der Waals surface area contributed by atoms with Gasteiger partial charge in [0.05, 0.1) is 18.7 Å². The molecule has 2 atom stereocenters. The van der Waals surface area contributed by atoms with Crippen LogP contribution in [0.5, 0.6) is 0 Å². The molecule has 2 aromatic heterocycles. The van der Waals surface area contributed by atoms with Gasteiger partial charge in [-0.25, -0.2) is 9.97 Å². The van der Waals surface area contributed by atoms with Crippen LogP contribution >= 0.6 is 0 Å². The highest BCUT2D eigenvalue weighted by Gasteiger charge is 2.29. The second-order valence-electron chi connectivity index (χ2n) is 5.35. The molecule has 0 spiro atoms. The van der Waals surface area contributed by atoms with Gasteiger partial charge in [-0.3, -0.25) is 0 Å². The highest BCUT2D eigenvalue weighted by atomic mass is 16.5. The molecule has 4 rings (SSSR count). The van der Waals surface area contributed by atoms with Crippen LogP contribution in [0.3, 0.4) is 0 Å². The minimum Gasteiger partial charge on any atom is -0.379 e. The maximum absolute atomic E-state index is 5.55. The monoisotopic (exact) mass is 258 g/mol. The lowest BCUT2D eigenvalue weighted by Crippen LogP contribution is -2.21. The van der Waals surface area contributed by atoms with E-state index in [9.17, 15) is 0 Å². The van der Waals surface area contributed by atoms with Crippen LogP contribution in [-0.2, 0) is 4.74 Å². The van der Waals surface area contributed by atoms with Crippen molar-refractivity contribution in [3.63, 3.8) is 0 Å². The minimum absolute atomic E-state index is 0.370. The molecule has 2 unspecified atom stereocenters. The van der Waals surface area contributed by atoms with Crippen LogP contribution in [0.2, 0.25) is 0 Å². The number of ether oxygens (including phenoxy) is 1. The molecule has 0 radical (unpaired) electrons. The molecule has 2 saturated heterocycles. The Kier molecular flexibility index (Phi) is 2.74. The molecule has 0 aromatic carbocycles. The predicted molar refractivity (Wildman–Crippen MR) is 72.0 cm³/mol. The molecule has 0 saturated carbocycles. The molecule has 2 aliphatic heterocycles. The van der Waals surface area contributed by atoms with E-state index in [1.165, 1.54) is 6.42 Å². The summed E-state index contributed by atoms with van der Waals surface area (Å²) in [6, 6.07) is 4.76. The number of aromatic nitrogens is 3. The van der Waals surface area contributed by atoms with E-state index in [-0.39, 0.29) is 0 Å². The second kappa shape index (κ2) is 4.58. The van der Waals surface area contributed by atoms with Crippen LogP contribution in [-0.4, -0.2) is 34.3 Å². The minimum atomic E-state index is 0.370. The predicted octanol–water partition coefficient (Wildman–Crippen LogP) is 1.82. The van der Waals surface area contributed by atoms with E-state index in [0.29, 0.717) is 12.1 Å². The Hall–Kier alpha value is -1.46. The van der Waals surface area contributed by atoms with Gasteiger partial charge in [0.1, 0.15) is 11.3 Å². The van der Waals surface area contributed by atoms with E-state index in [2.05, 4.69) is 14.9 Å². The van der Waals surface area contributed by atoms with Crippen LogP contribution in [0, 0.1) is 0 Å². The molecular formula is C14H18N4O. The van der Waals surface area contributed by atoms with Crippen LogP contribution in [0.25, 0.3) is 11.2 Å². The van der Waals surface area contributed by atoms with Gasteiger partial charge >= 0.3 is 0 Å². The van der Waals surface area contributed by atoms with Gasteiger partial charge < -0.3 is 14.6 Å². The fourth-order valence-corrected chi connectivity index (χ4v) is 3.18. The highest BCUT2D eigenvalue weighted by molar-refractivity contribution is 5.71. The third kappa shape index (κ3) is 1.84. The van der Waals surface area contributed by atoms with Crippen molar-refractivity contribution in [2.24, 2.45) is 0 Å². The van der Waals surface area contributed by atoms with Crippen molar-refractivity contribution in [1.29, 1.82) is 0 Å². The van der Waals surface area contributed by atoms with Crippen molar-refractivity contribution >= 4 is 11.2 Å². The van der Waals surface area contributed by atoms with E-state index >= 15 is 0 Å². The molecule has 0 bridgehead atoms. The number of fused-ring (bicyclic) bond motifs is 1. The number of pyridine rings is 1. The quantitative estimate of drug-likeness (QED) is 0.892. The van der Waals surface area contributed by atoms with Crippen molar-refractivity contribution in [2.45, 2.75) is 31.3 Å². The van der Waals surface area contributed by atoms with Crippen LogP contribution in [0.1, 0.15) is 37.2 Å². The lowest BCUT2D eigenvalue weighted by atomic mass is 10.2. The van der Waals surface area contributed by atoms with Gasteiger partial charge in [0.2, 0.25) is 0 Å². The van der Waals surface area contributed by atoms with E-state index in [4.69, 9.17) is 9.72 Å². The normalized spacial score (nSPS) is 27.4. The van der Waals surface area contributed by atoms with E-state index in [1.807, 2.05) is 18.3 Å². The van der Waals surface area contributed by atoms with Crippen LogP contribution in [0.15, 0.2) is 18.3 Å². The lowest BCUT2D eigenvalue weighted by Gasteiger charge is -2.18. The molecular weight excluding hydrogens is 240 g/mol. The summed E-state index contributed by atoms with van der Waals surface area (Å²) < 4.78 is 7.86. The third-order valence-corrected chi connectivity index (χ3v) is 4.12. The van der Waals surface area contributed by atoms with E-state index < -0.39 is 0 Å². The molecule has 1 N–H and O–H groups in total. The van der Waals surface area contributed by atoms with Gasteiger partial charge in [-0.1, -0.05) is 0 Å². The number of rotatable bonds is 2. The number of nitrogens with zero attached hydrogens (tertiary/aromatic N) is 3. The van der Waals surface area contributed by atoms with Crippen molar-refractivity contribution in [1.82, 2.24) is 19.9 Å². The summed E-state index contributed by atoms with van der Waals surface area (Å²) in [5.41, 5.74) is 2.00.